The van der Waals surface area contributed by atoms with E-state index < -0.39 is 41.1 Å². The third-order valence-corrected chi connectivity index (χ3v) is 4.69. The predicted molar refractivity (Wildman–Crippen MR) is 111 cm³/mol. The number of alkyl halides is 5. The summed E-state index contributed by atoms with van der Waals surface area (Å²) in [6, 6.07) is 6.94. The Labute approximate surface area is 193 Å². The Morgan fingerprint density at radius 2 is 1.57 bits per heavy atom. The number of rotatable bonds is 4. The third kappa shape index (κ3) is 5.32. The van der Waals surface area contributed by atoms with Crippen LogP contribution in [0, 0.1) is 30.4 Å². The molecule has 0 amide bonds. The van der Waals surface area contributed by atoms with Gasteiger partial charge in [0.05, 0.1) is 11.3 Å². The second-order valence-corrected chi connectivity index (χ2v) is 7.31. The highest BCUT2D eigenvalue weighted by molar-refractivity contribution is 5.86. The van der Waals surface area contributed by atoms with Crippen LogP contribution in [0.1, 0.15) is 17.0 Å². The number of hydrogen-bond donors (Lipinski definition) is 0. The maximum atomic E-state index is 14.6. The number of ether oxygens (including phenoxy) is 1. The molecule has 11 heteroatoms. The Morgan fingerprint density at radius 3 is 2.20 bits per heavy atom. The molecule has 2 aromatic heterocycles. The zero-order valence-corrected chi connectivity index (χ0v) is 17.6. The van der Waals surface area contributed by atoms with Crippen LogP contribution < -0.4 is 4.74 Å². The third-order valence-electron chi connectivity index (χ3n) is 4.69. The van der Waals surface area contributed by atoms with E-state index in [2.05, 4.69) is 19.7 Å². The molecular weight excluding hydrogens is 479 g/mol. The highest BCUT2D eigenvalue weighted by Crippen LogP contribution is 2.33. The number of aryl methyl sites for hydroxylation is 1. The fourth-order valence-electron chi connectivity index (χ4n) is 3.06. The SMILES string of the molecule is Cc1ccc(-c2cnc(C(F)(F)Oc3ccc4c(F)c(C#CC(F)(F)F)c(F)cc4c3)nc2)nc1. The summed E-state index contributed by atoms with van der Waals surface area (Å²) < 4.78 is 99.4. The van der Waals surface area contributed by atoms with Gasteiger partial charge in [0, 0.05) is 35.5 Å². The van der Waals surface area contributed by atoms with Crippen LogP contribution in [0.5, 0.6) is 5.75 Å². The average Bonchev–Trinajstić information content (AvgIpc) is 2.78. The normalized spacial score (nSPS) is 11.8. The zero-order chi connectivity index (χ0) is 25.4. The second kappa shape index (κ2) is 8.87. The fraction of sp³-hybridized carbons (Fsp3) is 0.125. The first-order valence-corrected chi connectivity index (χ1v) is 9.77. The minimum atomic E-state index is -4.95. The number of halogens is 7. The highest BCUT2D eigenvalue weighted by atomic mass is 19.4. The summed E-state index contributed by atoms with van der Waals surface area (Å²) >= 11 is 0. The molecule has 4 rings (SSSR count). The number of fused-ring (bicyclic) bond motifs is 1. The number of benzene rings is 2. The van der Waals surface area contributed by atoms with E-state index in [0.717, 1.165) is 42.1 Å². The van der Waals surface area contributed by atoms with Gasteiger partial charge in [-0.3, -0.25) is 4.98 Å². The number of aromatic nitrogens is 3. The van der Waals surface area contributed by atoms with Gasteiger partial charge in [0.2, 0.25) is 5.82 Å². The van der Waals surface area contributed by atoms with Crippen molar-refractivity contribution in [3.63, 3.8) is 0 Å². The van der Waals surface area contributed by atoms with E-state index in [1.807, 2.05) is 6.92 Å². The lowest BCUT2D eigenvalue weighted by atomic mass is 10.0. The van der Waals surface area contributed by atoms with Crippen LogP contribution in [0.4, 0.5) is 30.7 Å². The van der Waals surface area contributed by atoms with Crippen LogP contribution in [-0.4, -0.2) is 21.1 Å². The molecule has 0 bridgehead atoms. The molecule has 178 valence electrons. The van der Waals surface area contributed by atoms with Gasteiger partial charge >= 0.3 is 12.3 Å². The fourth-order valence-corrected chi connectivity index (χ4v) is 3.06. The van der Waals surface area contributed by atoms with E-state index in [1.165, 1.54) is 5.92 Å². The zero-order valence-electron chi connectivity index (χ0n) is 17.6. The smallest absolute Gasteiger partial charge is 0.427 e. The monoisotopic (exact) mass is 491 g/mol. The molecule has 0 aliphatic rings. The van der Waals surface area contributed by atoms with Crippen molar-refractivity contribution in [1.29, 1.82) is 0 Å². The summed E-state index contributed by atoms with van der Waals surface area (Å²) in [5.41, 5.74) is 0.687. The van der Waals surface area contributed by atoms with Crippen molar-refractivity contribution in [3.8, 4) is 28.8 Å². The lowest BCUT2D eigenvalue weighted by Crippen LogP contribution is -2.24. The maximum absolute atomic E-state index is 14.6. The Hall–Kier alpha value is -4.20. The largest absolute Gasteiger partial charge is 0.462 e. The van der Waals surface area contributed by atoms with Gasteiger partial charge in [0.1, 0.15) is 17.4 Å². The summed E-state index contributed by atoms with van der Waals surface area (Å²) in [5, 5.41) is -0.563. The van der Waals surface area contributed by atoms with Gasteiger partial charge in [-0.1, -0.05) is 12.0 Å². The summed E-state index contributed by atoms with van der Waals surface area (Å²) in [7, 11) is 0. The molecular formula is C24H12F7N3O. The molecule has 0 N–H and O–H groups in total. The molecule has 4 nitrogen and oxygen atoms in total. The molecule has 0 unspecified atom stereocenters. The molecule has 0 fully saturated rings. The topological polar surface area (TPSA) is 47.9 Å². The first-order valence-electron chi connectivity index (χ1n) is 9.77. The van der Waals surface area contributed by atoms with Crippen LogP contribution in [-0.2, 0) is 6.11 Å². The first-order chi connectivity index (χ1) is 16.4. The van der Waals surface area contributed by atoms with Crippen LogP contribution in [0.15, 0.2) is 55.0 Å². The van der Waals surface area contributed by atoms with Crippen LogP contribution in [0.2, 0.25) is 0 Å². The molecule has 35 heavy (non-hydrogen) atoms. The number of nitrogens with zero attached hydrogens (tertiary/aromatic N) is 3. The molecule has 2 heterocycles. The van der Waals surface area contributed by atoms with Gasteiger partial charge in [-0.05, 0) is 48.2 Å². The van der Waals surface area contributed by atoms with Gasteiger partial charge in [0.25, 0.3) is 0 Å². The Bertz CT molecular complexity index is 1460. The lowest BCUT2D eigenvalue weighted by Gasteiger charge is -2.17. The highest BCUT2D eigenvalue weighted by Gasteiger charge is 2.38. The molecule has 0 aliphatic heterocycles. The Morgan fingerprint density at radius 1 is 0.857 bits per heavy atom. The van der Waals surface area contributed by atoms with Gasteiger partial charge in [-0.15, -0.1) is 0 Å². The molecule has 0 saturated heterocycles. The standard InChI is InChI=1S/C24H12F7N3O/c1-13-2-5-20(32-10-13)15-11-33-22(34-12-15)24(30,31)35-16-3-4-17-14(8-16)9-19(25)18(21(17)26)6-7-23(27,28)29/h2-5,8-12H,1H3. The van der Waals surface area contributed by atoms with Crippen molar-refractivity contribution >= 4 is 10.8 Å². The lowest BCUT2D eigenvalue weighted by molar-refractivity contribution is -0.191. The predicted octanol–water partition coefficient (Wildman–Crippen LogP) is 6.32. The maximum Gasteiger partial charge on any atom is 0.462 e. The van der Waals surface area contributed by atoms with E-state index in [-0.39, 0.29) is 10.8 Å². The van der Waals surface area contributed by atoms with Crippen molar-refractivity contribution in [3.05, 3.63) is 83.6 Å². The minimum Gasteiger partial charge on any atom is -0.427 e. The second-order valence-electron chi connectivity index (χ2n) is 7.31. The van der Waals surface area contributed by atoms with Gasteiger partial charge in [0.15, 0.2) is 0 Å². The van der Waals surface area contributed by atoms with Crippen LogP contribution in [0.3, 0.4) is 0 Å². The van der Waals surface area contributed by atoms with Crippen molar-refractivity contribution in [1.82, 2.24) is 15.0 Å². The average molecular weight is 491 g/mol. The van der Waals surface area contributed by atoms with E-state index >= 15 is 0 Å². The summed E-state index contributed by atoms with van der Waals surface area (Å²) in [6.45, 7) is 1.84. The van der Waals surface area contributed by atoms with E-state index in [1.54, 1.807) is 18.3 Å². The van der Waals surface area contributed by atoms with Gasteiger partial charge in [-0.25, -0.2) is 18.7 Å². The van der Waals surface area contributed by atoms with E-state index in [9.17, 15) is 30.7 Å². The number of pyridine rings is 1. The molecule has 2 aromatic carbocycles. The van der Waals surface area contributed by atoms with Crippen LogP contribution >= 0.6 is 0 Å². The van der Waals surface area contributed by atoms with E-state index in [4.69, 9.17) is 0 Å². The van der Waals surface area contributed by atoms with Crippen molar-refractivity contribution in [2.45, 2.75) is 19.2 Å². The summed E-state index contributed by atoms with van der Waals surface area (Å²) in [4.78, 5) is 11.4. The van der Waals surface area contributed by atoms with Gasteiger partial charge < -0.3 is 4.74 Å². The minimum absolute atomic E-state index is 0.229. The molecule has 0 radical (unpaired) electrons. The van der Waals surface area contributed by atoms with Gasteiger partial charge in [-0.2, -0.15) is 22.0 Å². The molecule has 0 spiro atoms. The molecule has 0 saturated carbocycles. The Kier molecular flexibility index (Phi) is 6.06. The Balaban J connectivity index is 1.60. The van der Waals surface area contributed by atoms with Crippen LogP contribution in [0.25, 0.3) is 22.0 Å². The molecule has 0 aliphatic carbocycles. The summed E-state index contributed by atoms with van der Waals surface area (Å²) in [5.74, 6) is -2.00. The molecule has 0 atom stereocenters. The first kappa shape index (κ1) is 23.9. The van der Waals surface area contributed by atoms with Crippen molar-refractivity contribution < 1.29 is 35.5 Å². The molecule has 4 aromatic rings. The van der Waals surface area contributed by atoms with Crippen molar-refractivity contribution in [2.24, 2.45) is 0 Å². The van der Waals surface area contributed by atoms with Crippen molar-refractivity contribution in [2.75, 3.05) is 0 Å². The quantitative estimate of drug-likeness (QED) is 0.248. The van der Waals surface area contributed by atoms with E-state index in [0.29, 0.717) is 17.3 Å². The number of hydrogen-bond acceptors (Lipinski definition) is 4. The summed E-state index contributed by atoms with van der Waals surface area (Å²) in [6.07, 6.45) is -5.08.